The van der Waals surface area contributed by atoms with E-state index in [9.17, 15) is 4.79 Å². The minimum absolute atomic E-state index is 0.0939. The van der Waals surface area contributed by atoms with Crippen molar-refractivity contribution in [2.75, 3.05) is 7.05 Å². The van der Waals surface area contributed by atoms with Gasteiger partial charge in [0.2, 0.25) is 5.91 Å². The Bertz CT molecular complexity index is 159. The molecule has 3 heteroatoms. The molecule has 0 aromatic carbocycles. The lowest BCUT2D eigenvalue weighted by Crippen LogP contribution is -2.44. The number of likely N-dealkylation sites (N-methyl/N-ethyl adjacent to an activating group) is 1. The molecule has 0 aliphatic heterocycles. The summed E-state index contributed by atoms with van der Waals surface area (Å²) in [4.78, 5) is 11.4. The lowest BCUT2D eigenvalue weighted by atomic mass is 10.1. The van der Waals surface area contributed by atoms with Gasteiger partial charge in [0.15, 0.2) is 0 Å². The van der Waals surface area contributed by atoms with Crippen molar-refractivity contribution in [2.45, 2.75) is 58.5 Å². The zero-order valence-electron chi connectivity index (χ0n) is 9.89. The molecule has 0 radical (unpaired) electrons. The van der Waals surface area contributed by atoms with E-state index in [0.717, 1.165) is 6.42 Å². The Labute approximate surface area is 87.6 Å². The van der Waals surface area contributed by atoms with Crippen LogP contribution in [0.1, 0.15) is 46.5 Å². The van der Waals surface area contributed by atoms with Crippen molar-refractivity contribution >= 4 is 5.91 Å². The molecule has 0 rings (SSSR count). The Morgan fingerprint density at radius 1 is 1.29 bits per heavy atom. The number of rotatable bonds is 7. The molecule has 0 bridgehead atoms. The molecule has 2 unspecified atom stereocenters. The van der Waals surface area contributed by atoms with Crippen molar-refractivity contribution in [1.29, 1.82) is 0 Å². The molecule has 2 atom stereocenters. The van der Waals surface area contributed by atoms with Crippen LogP contribution in [0.5, 0.6) is 0 Å². The van der Waals surface area contributed by atoms with E-state index in [4.69, 9.17) is 0 Å². The van der Waals surface area contributed by atoms with Crippen LogP contribution in [-0.2, 0) is 4.79 Å². The lowest BCUT2D eigenvalue weighted by molar-refractivity contribution is -0.123. The second kappa shape index (κ2) is 7.80. The second-order valence-corrected chi connectivity index (χ2v) is 3.92. The number of nitrogens with one attached hydrogen (secondary N) is 2. The van der Waals surface area contributed by atoms with Crippen LogP contribution in [0.25, 0.3) is 0 Å². The summed E-state index contributed by atoms with van der Waals surface area (Å²) in [6.07, 6.45) is 4.76. The number of amides is 1. The van der Waals surface area contributed by atoms with Gasteiger partial charge in [-0.25, -0.2) is 0 Å². The van der Waals surface area contributed by atoms with Crippen molar-refractivity contribution < 1.29 is 4.79 Å². The average molecular weight is 200 g/mol. The van der Waals surface area contributed by atoms with Crippen molar-refractivity contribution in [3.63, 3.8) is 0 Å². The Morgan fingerprint density at radius 3 is 2.43 bits per heavy atom. The van der Waals surface area contributed by atoms with Crippen molar-refractivity contribution in [3.8, 4) is 0 Å². The highest BCUT2D eigenvalue weighted by atomic mass is 16.2. The van der Waals surface area contributed by atoms with Gasteiger partial charge in [-0.1, -0.05) is 26.2 Å². The fraction of sp³-hybridized carbons (Fsp3) is 0.909. The lowest BCUT2D eigenvalue weighted by Gasteiger charge is -2.16. The van der Waals surface area contributed by atoms with Crippen LogP contribution in [0.2, 0.25) is 0 Å². The van der Waals surface area contributed by atoms with Crippen LogP contribution in [0, 0.1) is 0 Å². The maximum atomic E-state index is 11.4. The van der Waals surface area contributed by atoms with Crippen LogP contribution in [0.4, 0.5) is 0 Å². The molecule has 0 aliphatic rings. The van der Waals surface area contributed by atoms with Gasteiger partial charge in [0.05, 0.1) is 6.04 Å². The van der Waals surface area contributed by atoms with E-state index < -0.39 is 0 Å². The normalized spacial score (nSPS) is 14.9. The third kappa shape index (κ3) is 5.97. The van der Waals surface area contributed by atoms with Crippen LogP contribution in [0.3, 0.4) is 0 Å². The van der Waals surface area contributed by atoms with Crippen LogP contribution in [-0.4, -0.2) is 25.0 Å². The summed E-state index contributed by atoms with van der Waals surface area (Å²) in [5, 5.41) is 5.91. The van der Waals surface area contributed by atoms with Crippen LogP contribution >= 0.6 is 0 Å². The smallest absolute Gasteiger partial charge is 0.237 e. The molecule has 0 saturated carbocycles. The van der Waals surface area contributed by atoms with Gasteiger partial charge in [0.25, 0.3) is 0 Å². The van der Waals surface area contributed by atoms with Gasteiger partial charge in [-0.2, -0.15) is 0 Å². The van der Waals surface area contributed by atoms with E-state index in [-0.39, 0.29) is 11.9 Å². The summed E-state index contributed by atoms with van der Waals surface area (Å²) in [6, 6.07) is 0.202. The molecule has 0 fully saturated rings. The molecule has 2 N–H and O–H groups in total. The number of carbonyl (C=O) groups is 1. The molecule has 14 heavy (non-hydrogen) atoms. The van der Waals surface area contributed by atoms with Gasteiger partial charge in [0.1, 0.15) is 0 Å². The Morgan fingerprint density at radius 2 is 1.93 bits per heavy atom. The first-order valence-corrected chi connectivity index (χ1v) is 5.59. The zero-order chi connectivity index (χ0) is 11.0. The molecule has 0 aliphatic carbocycles. The number of hydrogen-bond donors (Lipinski definition) is 2. The fourth-order valence-corrected chi connectivity index (χ4v) is 1.27. The van der Waals surface area contributed by atoms with E-state index in [1.54, 1.807) is 7.05 Å². The molecular formula is C11H24N2O. The topological polar surface area (TPSA) is 41.1 Å². The Kier molecular flexibility index (Phi) is 7.48. The Balaban J connectivity index is 3.60. The van der Waals surface area contributed by atoms with E-state index >= 15 is 0 Å². The molecular weight excluding hydrogens is 176 g/mol. The standard InChI is InChI=1S/C11H24N2O/c1-5-6-7-8-9(2)13-11(14)10(3)12-4/h9-10,12H,5-8H2,1-4H3,(H,13,14). The van der Waals surface area contributed by atoms with Gasteiger partial charge in [0, 0.05) is 6.04 Å². The van der Waals surface area contributed by atoms with Gasteiger partial charge >= 0.3 is 0 Å². The summed E-state index contributed by atoms with van der Waals surface area (Å²) in [7, 11) is 1.80. The van der Waals surface area contributed by atoms with Gasteiger partial charge in [-0.05, 0) is 27.3 Å². The fourth-order valence-electron chi connectivity index (χ4n) is 1.27. The van der Waals surface area contributed by atoms with Crippen molar-refractivity contribution in [2.24, 2.45) is 0 Å². The van der Waals surface area contributed by atoms with Crippen LogP contribution in [0.15, 0.2) is 0 Å². The van der Waals surface area contributed by atoms with Gasteiger partial charge < -0.3 is 10.6 Å². The first kappa shape index (κ1) is 13.4. The summed E-state index contributed by atoms with van der Waals surface area (Å²) >= 11 is 0. The van der Waals surface area contributed by atoms with E-state index in [1.807, 2.05) is 6.92 Å². The second-order valence-electron chi connectivity index (χ2n) is 3.92. The minimum atomic E-state index is -0.0939. The molecule has 0 aromatic heterocycles. The van der Waals surface area contributed by atoms with Crippen molar-refractivity contribution in [1.82, 2.24) is 10.6 Å². The summed E-state index contributed by atoms with van der Waals surface area (Å²) in [5.41, 5.74) is 0. The predicted octanol–water partition coefficient (Wildman–Crippen LogP) is 1.68. The molecule has 3 nitrogen and oxygen atoms in total. The highest BCUT2D eigenvalue weighted by Gasteiger charge is 2.12. The van der Waals surface area contributed by atoms with Gasteiger partial charge in [-0.15, -0.1) is 0 Å². The maximum absolute atomic E-state index is 11.4. The van der Waals surface area contributed by atoms with E-state index in [0.29, 0.717) is 6.04 Å². The molecule has 0 spiro atoms. The number of hydrogen-bond acceptors (Lipinski definition) is 2. The largest absolute Gasteiger partial charge is 0.352 e. The summed E-state index contributed by atoms with van der Waals surface area (Å²) in [5.74, 6) is 0.0940. The third-order valence-corrected chi connectivity index (χ3v) is 2.46. The van der Waals surface area contributed by atoms with E-state index in [2.05, 4.69) is 24.5 Å². The number of carbonyl (C=O) groups excluding carboxylic acids is 1. The average Bonchev–Trinajstić information content (AvgIpc) is 2.16. The van der Waals surface area contributed by atoms with Crippen molar-refractivity contribution in [3.05, 3.63) is 0 Å². The highest BCUT2D eigenvalue weighted by Crippen LogP contribution is 2.02. The maximum Gasteiger partial charge on any atom is 0.237 e. The molecule has 1 amide bonds. The monoisotopic (exact) mass is 200 g/mol. The quantitative estimate of drug-likeness (QED) is 0.614. The SMILES string of the molecule is CCCCCC(C)NC(=O)C(C)NC. The first-order chi connectivity index (χ1) is 6.61. The summed E-state index contributed by atoms with van der Waals surface area (Å²) in [6.45, 7) is 6.12. The summed E-state index contributed by atoms with van der Waals surface area (Å²) < 4.78 is 0. The van der Waals surface area contributed by atoms with Gasteiger partial charge in [-0.3, -0.25) is 4.79 Å². The minimum Gasteiger partial charge on any atom is -0.352 e. The molecule has 0 aromatic rings. The third-order valence-electron chi connectivity index (χ3n) is 2.46. The zero-order valence-corrected chi connectivity index (χ0v) is 9.89. The van der Waals surface area contributed by atoms with Crippen LogP contribution < -0.4 is 10.6 Å². The highest BCUT2D eigenvalue weighted by molar-refractivity contribution is 5.81. The predicted molar refractivity (Wildman–Crippen MR) is 60.3 cm³/mol. The molecule has 0 saturated heterocycles. The van der Waals surface area contributed by atoms with E-state index in [1.165, 1.54) is 19.3 Å². The molecule has 0 heterocycles. The Hall–Kier alpha value is -0.570. The number of unbranched alkanes of at least 4 members (excludes halogenated alkanes) is 2. The first-order valence-electron chi connectivity index (χ1n) is 5.59. The molecule has 84 valence electrons.